The van der Waals surface area contributed by atoms with E-state index in [0.29, 0.717) is 16.8 Å². The van der Waals surface area contributed by atoms with Crippen molar-refractivity contribution in [1.82, 2.24) is 9.88 Å². The molecule has 0 bridgehead atoms. The molecule has 2 aromatic rings. The van der Waals surface area contributed by atoms with E-state index in [9.17, 15) is 4.79 Å². The zero-order valence-electron chi connectivity index (χ0n) is 11.5. The molecule has 3 nitrogen and oxygen atoms in total. The molecule has 20 heavy (non-hydrogen) atoms. The number of amides is 1. The Bertz CT molecular complexity index is 652. The van der Waals surface area contributed by atoms with Gasteiger partial charge in [-0.1, -0.05) is 36.7 Å². The number of halogens is 1. The summed E-state index contributed by atoms with van der Waals surface area (Å²) in [6, 6.07) is 9.76. The molecule has 0 aliphatic heterocycles. The van der Waals surface area contributed by atoms with Crippen LogP contribution in [0.2, 0.25) is 5.15 Å². The van der Waals surface area contributed by atoms with Crippen LogP contribution in [0, 0.1) is 0 Å². The third-order valence-electron chi connectivity index (χ3n) is 3.63. The van der Waals surface area contributed by atoms with Crippen LogP contribution < -0.4 is 0 Å². The molecule has 1 amide bonds. The van der Waals surface area contributed by atoms with Crippen LogP contribution in [0.15, 0.2) is 30.3 Å². The molecular weight excluding hydrogens is 272 g/mol. The van der Waals surface area contributed by atoms with Gasteiger partial charge in [0.05, 0.1) is 11.1 Å². The highest BCUT2D eigenvalue weighted by Crippen LogP contribution is 2.30. The van der Waals surface area contributed by atoms with E-state index in [4.69, 9.17) is 11.6 Å². The molecule has 1 aromatic heterocycles. The normalized spacial score (nSPS) is 14.5. The zero-order chi connectivity index (χ0) is 14.1. The van der Waals surface area contributed by atoms with Crippen LogP contribution >= 0.6 is 11.6 Å². The maximum Gasteiger partial charge on any atom is 0.254 e. The number of hydrogen-bond acceptors (Lipinski definition) is 2. The highest BCUT2D eigenvalue weighted by atomic mass is 35.5. The third-order valence-corrected chi connectivity index (χ3v) is 3.82. The van der Waals surface area contributed by atoms with Gasteiger partial charge in [0.1, 0.15) is 5.15 Å². The summed E-state index contributed by atoms with van der Waals surface area (Å²) in [6.45, 7) is 2.90. The number of nitrogens with zero attached hydrogens (tertiary/aromatic N) is 2. The molecule has 0 radical (unpaired) electrons. The van der Waals surface area contributed by atoms with Crippen molar-refractivity contribution >= 4 is 28.4 Å². The van der Waals surface area contributed by atoms with Gasteiger partial charge in [0.15, 0.2) is 0 Å². The van der Waals surface area contributed by atoms with E-state index >= 15 is 0 Å². The fourth-order valence-electron chi connectivity index (χ4n) is 2.55. The molecule has 1 fully saturated rings. The Balaban J connectivity index is 2.06. The van der Waals surface area contributed by atoms with Crippen molar-refractivity contribution in [3.05, 3.63) is 41.0 Å². The predicted molar refractivity (Wildman–Crippen MR) is 81.1 cm³/mol. The summed E-state index contributed by atoms with van der Waals surface area (Å²) in [5.74, 6) is 0.0786. The minimum absolute atomic E-state index is 0.0786. The zero-order valence-corrected chi connectivity index (χ0v) is 12.2. The molecule has 1 heterocycles. The number of hydrogen-bond donors (Lipinski definition) is 0. The Kier molecular flexibility index (Phi) is 3.62. The Morgan fingerprint density at radius 3 is 2.85 bits per heavy atom. The molecule has 1 aromatic carbocycles. The third kappa shape index (κ3) is 2.50. The lowest BCUT2D eigenvalue weighted by Crippen LogP contribution is -2.34. The smallest absolute Gasteiger partial charge is 0.254 e. The van der Waals surface area contributed by atoms with E-state index < -0.39 is 0 Å². The molecule has 104 valence electrons. The average molecular weight is 289 g/mol. The number of carbonyl (C=O) groups excluding carboxylic acids is 1. The van der Waals surface area contributed by atoms with E-state index in [1.54, 1.807) is 6.07 Å². The topological polar surface area (TPSA) is 33.2 Å². The molecule has 1 saturated carbocycles. The number of aromatic nitrogens is 1. The lowest BCUT2D eigenvalue weighted by atomic mass is 10.1. The molecule has 0 saturated heterocycles. The van der Waals surface area contributed by atoms with E-state index in [0.717, 1.165) is 36.7 Å². The van der Waals surface area contributed by atoms with Crippen molar-refractivity contribution in [2.75, 3.05) is 6.54 Å². The summed E-state index contributed by atoms with van der Waals surface area (Å²) in [4.78, 5) is 19.1. The Morgan fingerprint density at radius 1 is 1.40 bits per heavy atom. The van der Waals surface area contributed by atoms with Gasteiger partial charge in [-0.2, -0.15) is 0 Å². The minimum Gasteiger partial charge on any atom is -0.336 e. The molecule has 0 unspecified atom stereocenters. The molecule has 1 aliphatic rings. The number of para-hydroxylation sites is 1. The van der Waals surface area contributed by atoms with E-state index in [1.807, 2.05) is 29.2 Å². The molecule has 4 heteroatoms. The van der Waals surface area contributed by atoms with Gasteiger partial charge in [-0.25, -0.2) is 4.98 Å². The van der Waals surface area contributed by atoms with Crippen LogP contribution in [0.1, 0.15) is 36.5 Å². The fraction of sp³-hybridized carbons (Fsp3) is 0.375. The van der Waals surface area contributed by atoms with Gasteiger partial charge in [0, 0.05) is 18.0 Å². The van der Waals surface area contributed by atoms with Crippen LogP contribution in [0.3, 0.4) is 0 Å². The summed E-state index contributed by atoms with van der Waals surface area (Å²) < 4.78 is 0. The lowest BCUT2D eigenvalue weighted by Gasteiger charge is -2.22. The lowest BCUT2D eigenvalue weighted by molar-refractivity contribution is 0.0745. The van der Waals surface area contributed by atoms with Gasteiger partial charge in [-0.05, 0) is 31.4 Å². The number of benzene rings is 1. The first-order valence-corrected chi connectivity index (χ1v) is 7.44. The van der Waals surface area contributed by atoms with Gasteiger partial charge in [-0.3, -0.25) is 4.79 Å². The minimum atomic E-state index is 0.0786. The molecule has 0 atom stereocenters. The standard InChI is InChI=1S/C16H17ClN2O/c1-2-9-19(11-7-8-11)16(20)13-10-15(17)18-14-6-4-3-5-12(13)14/h3-6,10-11H,2,7-9H2,1H3. The van der Waals surface area contributed by atoms with Gasteiger partial charge >= 0.3 is 0 Å². The second kappa shape index (κ2) is 5.41. The SMILES string of the molecule is CCCN(C(=O)c1cc(Cl)nc2ccccc12)C1CC1. The Morgan fingerprint density at radius 2 is 2.15 bits per heavy atom. The van der Waals surface area contributed by atoms with Gasteiger partial charge in [0.25, 0.3) is 5.91 Å². The monoisotopic (exact) mass is 288 g/mol. The maximum absolute atomic E-state index is 12.8. The fourth-order valence-corrected chi connectivity index (χ4v) is 2.75. The van der Waals surface area contributed by atoms with Crippen LogP contribution in [0.5, 0.6) is 0 Å². The summed E-state index contributed by atoms with van der Waals surface area (Å²) in [5, 5.41) is 1.25. The second-order valence-corrected chi connectivity index (χ2v) is 5.63. The largest absolute Gasteiger partial charge is 0.336 e. The summed E-state index contributed by atoms with van der Waals surface area (Å²) in [5.41, 5.74) is 1.44. The molecule has 0 N–H and O–H groups in total. The van der Waals surface area contributed by atoms with Crippen LogP contribution in [-0.2, 0) is 0 Å². The first-order chi connectivity index (χ1) is 9.70. The predicted octanol–water partition coefficient (Wildman–Crippen LogP) is 3.90. The maximum atomic E-state index is 12.8. The number of pyridine rings is 1. The average Bonchev–Trinajstić information content (AvgIpc) is 3.27. The number of carbonyl (C=O) groups is 1. The molecular formula is C16H17ClN2O. The van der Waals surface area contributed by atoms with Gasteiger partial charge < -0.3 is 4.90 Å². The molecule has 0 spiro atoms. The van der Waals surface area contributed by atoms with Crippen molar-refractivity contribution < 1.29 is 4.79 Å². The first kappa shape index (κ1) is 13.4. The van der Waals surface area contributed by atoms with E-state index in [-0.39, 0.29) is 5.91 Å². The summed E-state index contributed by atoms with van der Waals surface area (Å²) >= 11 is 6.06. The Labute approximate surface area is 123 Å². The van der Waals surface area contributed by atoms with Crippen molar-refractivity contribution in [2.24, 2.45) is 0 Å². The number of rotatable bonds is 4. The highest BCUT2D eigenvalue weighted by Gasteiger charge is 2.33. The van der Waals surface area contributed by atoms with Crippen molar-refractivity contribution in [3.63, 3.8) is 0 Å². The van der Waals surface area contributed by atoms with Crippen molar-refractivity contribution in [1.29, 1.82) is 0 Å². The van der Waals surface area contributed by atoms with E-state index in [1.165, 1.54) is 0 Å². The van der Waals surface area contributed by atoms with E-state index in [2.05, 4.69) is 11.9 Å². The van der Waals surface area contributed by atoms with Crippen molar-refractivity contribution in [2.45, 2.75) is 32.2 Å². The summed E-state index contributed by atoms with van der Waals surface area (Å²) in [6.07, 6.45) is 3.20. The molecule has 3 rings (SSSR count). The first-order valence-electron chi connectivity index (χ1n) is 7.07. The quantitative estimate of drug-likeness (QED) is 0.799. The van der Waals surface area contributed by atoms with Crippen LogP contribution in [0.4, 0.5) is 0 Å². The van der Waals surface area contributed by atoms with Crippen molar-refractivity contribution in [3.8, 4) is 0 Å². The number of fused-ring (bicyclic) bond motifs is 1. The summed E-state index contributed by atoms with van der Waals surface area (Å²) in [7, 11) is 0. The Hall–Kier alpha value is -1.61. The van der Waals surface area contributed by atoms with Gasteiger partial charge in [0.2, 0.25) is 0 Å². The highest BCUT2D eigenvalue weighted by molar-refractivity contribution is 6.30. The van der Waals surface area contributed by atoms with Crippen LogP contribution in [-0.4, -0.2) is 28.4 Å². The second-order valence-electron chi connectivity index (χ2n) is 5.24. The molecule has 1 aliphatic carbocycles. The van der Waals surface area contributed by atoms with Gasteiger partial charge in [-0.15, -0.1) is 0 Å². The van der Waals surface area contributed by atoms with Crippen LogP contribution in [0.25, 0.3) is 10.9 Å².